The zero-order chi connectivity index (χ0) is 21.4. The van der Waals surface area contributed by atoms with Gasteiger partial charge < -0.3 is 4.74 Å². The number of hydrogen-bond acceptors (Lipinski definition) is 1. The van der Waals surface area contributed by atoms with Crippen LogP contribution in [0.4, 0.5) is 13.2 Å². The second kappa shape index (κ2) is 8.01. The van der Waals surface area contributed by atoms with E-state index in [1.165, 1.54) is 0 Å². The minimum Gasteiger partial charge on any atom is -0.372 e. The van der Waals surface area contributed by atoms with E-state index in [9.17, 15) is 13.2 Å². The summed E-state index contributed by atoms with van der Waals surface area (Å²) in [5.41, 5.74) is 4.00. The summed E-state index contributed by atoms with van der Waals surface area (Å²) in [4.78, 5) is 0. The van der Waals surface area contributed by atoms with Crippen LogP contribution < -0.4 is 0 Å². The standard InChI is InChI=1S/C27H23F3O/c28-27(29,30)21-12-10-19-11-13-24-23-9-5-4-8-22(23)20(14-26(24)25(19)15-21)17-31-16-18-6-2-1-3-7-18/h1-9,11,13-14,21H,10,12,15-17H2. The molecule has 1 aliphatic rings. The van der Waals surface area contributed by atoms with E-state index >= 15 is 0 Å². The quantitative estimate of drug-likeness (QED) is 0.313. The third-order valence-electron chi connectivity index (χ3n) is 6.38. The first kappa shape index (κ1) is 20.1. The van der Waals surface area contributed by atoms with Crippen LogP contribution in [-0.4, -0.2) is 6.18 Å². The van der Waals surface area contributed by atoms with Gasteiger partial charge in [0.2, 0.25) is 0 Å². The fourth-order valence-corrected chi connectivity index (χ4v) is 4.76. The van der Waals surface area contributed by atoms with Gasteiger partial charge in [-0.1, -0.05) is 66.7 Å². The lowest BCUT2D eigenvalue weighted by Crippen LogP contribution is -2.29. The smallest absolute Gasteiger partial charge is 0.372 e. The summed E-state index contributed by atoms with van der Waals surface area (Å²) in [5, 5.41) is 4.11. The molecule has 1 aliphatic carbocycles. The van der Waals surface area contributed by atoms with E-state index in [0.717, 1.165) is 43.8 Å². The van der Waals surface area contributed by atoms with E-state index in [1.807, 2.05) is 48.5 Å². The molecule has 4 aromatic carbocycles. The van der Waals surface area contributed by atoms with Crippen molar-refractivity contribution in [2.75, 3.05) is 0 Å². The molecular weight excluding hydrogens is 397 g/mol. The Hall–Kier alpha value is -2.85. The Labute approximate surface area is 179 Å². The molecule has 0 bridgehead atoms. The molecule has 0 saturated carbocycles. The van der Waals surface area contributed by atoms with Crippen LogP contribution in [0.1, 0.15) is 28.7 Å². The molecule has 0 spiro atoms. The molecule has 0 heterocycles. The molecule has 1 unspecified atom stereocenters. The molecule has 4 heteroatoms. The SMILES string of the molecule is FC(F)(F)C1CCc2ccc3c(cc(COCc4ccccc4)c4ccccc43)c2C1. The Bertz CT molecular complexity index is 1230. The van der Waals surface area contributed by atoms with Crippen molar-refractivity contribution in [3.63, 3.8) is 0 Å². The summed E-state index contributed by atoms with van der Waals surface area (Å²) in [6.45, 7) is 0.911. The molecule has 1 nitrogen and oxygen atoms in total. The number of aryl methyl sites for hydroxylation is 1. The van der Waals surface area contributed by atoms with Crippen LogP contribution >= 0.6 is 0 Å². The van der Waals surface area contributed by atoms with Crippen LogP contribution in [0.25, 0.3) is 21.5 Å². The van der Waals surface area contributed by atoms with Gasteiger partial charge in [0.15, 0.2) is 0 Å². The number of fused-ring (bicyclic) bond motifs is 5. The van der Waals surface area contributed by atoms with Crippen LogP contribution in [0, 0.1) is 5.92 Å². The highest BCUT2D eigenvalue weighted by Gasteiger charge is 2.41. The number of alkyl halides is 3. The predicted octanol–water partition coefficient (Wildman–Crippen LogP) is 7.38. The Morgan fingerprint density at radius 3 is 2.26 bits per heavy atom. The molecule has 31 heavy (non-hydrogen) atoms. The van der Waals surface area contributed by atoms with Crippen LogP contribution in [0.2, 0.25) is 0 Å². The van der Waals surface area contributed by atoms with E-state index in [0.29, 0.717) is 19.6 Å². The van der Waals surface area contributed by atoms with Crippen LogP contribution in [0.5, 0.6) is 0 Å². The van der Waals surface area contributed by atoms with Crippen LogP contribution in [0.3, 0.4) is 0 Å². The summed E-state index contributed by atoms with van der Waals surface area (Å²) < 4.78 is 46.4. The monoisotopic (exact) mass is 420 g/mol. The number of halogens is 3. The maximum atomic E-state index is 13.5. The van der Waals surface area contributed by atoms with Crippen LogP contribution in [-0.2, 0) is 30.8 Å². The zero-order valence-corrected chi connectivity index (χ0v) is 17.1. The molecule has 0 radical (unpaired) electrons. The highest BCUT2D eigenvalue weighted by molar-refractivity contribution is 6.10. The van der Waals surface area contributed by atoms with Gasteiger partial charge in [0.05, 0.1) is 19.1 Å². The van der Waals surface area contributed by atoms with Gasteiger partial charge >= 0.3 is 6.18 Å². The molecule has 0 fully saturated rings. The molecule has 0 N–H and O–H groups in total. The maximum Gasteiger partial charge on any atom is 0.392 e. The number of benzene rings is 4. The lowest BCUT2D eigenvalue weighted by molar-refractivity contribution is -0.176. The van der Waals surface area contributed by atoms with E-state index in [2.05, 4.69) is 24.3 Å². The van der Waals surface area contributed by atoms with Gasteiger partial charge in [-0.15, -0.1) is 0 Å². The molecule has 5 rings (SSSR count). The average molecular weight is 420 g/mol. The normalized spacial score (nSPS) is 16.5. The molecule has 0 aromatic heterocycles. The summed E-state index contributed by atoms with van der Waals surface area (Å²) >= 11 is 0. The van der Waals surface area contributed by atoms with Crippen molar-refractivity contribution < 1.29 is 17.9 Å². The van der Waals surface area contributed by atoms with Crippen molar-refractivity contribution in [1.82, 2.24) is 0 Å². The Kier molecular flexibility index (Phi) is 5.19. The second-order valence-corrected chi connectivity index (χ2v) is 8.34. The minimum atomic E-state index is -4.15. The van der Waals surface area contributed by atoms with Crippen molar-refractivity contribution in [3.8, 4) is 0 Å². The minimum absolute atomic E-state index is 0.0544. The van der Waals surface area contributed by atoms with E-state index in [1.54, 1.807) is 0 Å². The van der Waals surface area contributed by atoms with Gasteiger partial charge in [0, 0.05) is 0 Å². The van der Waals surface area contributed by atoms with Crippen molar-refractivity contribution in [2.45, 2.75) is 38.7 Å². The second-order valence-electron chi connectivity index (χ2n) is 8.34. The highest BCUT2D eigenvalue weighted by atomic mass is 19.4. The molecule has 0 aliphatic heterocycles. The Morgan fingerprint density at radius 2 is 1.48 bits per heavy atom. The van der Waals surface area contributed by atoms with Crippen molar-refractivity contribution >= 4 is 21.5 Å². The number of ether oxygens (including phenoxy) is 1. The van der Waals surface area contributed by atoms with Gasteiger partial charge in [-0.3, -0.25) is 0 Å². The maximum absolute atomic E-state index is 13.5. The number of rotatable bonds is 4. The molecule has 0 amide bonds. The van der Waals surface area contributed by atoms with E-state index < -0.39 is 12.1 Å². The highest BCUT2D eigenvalue weighted by Crippen LogP contribution is 2.41. The Balaban J connectivity index is 1.57. The van der Waals surface area contributed by atoms with Gasteiger partial charge in [-0.05, 0) is 69.1 Å². The lowest BCUT2D eigenvalue weighted by atomic mass is 9.80. The van der Waals surface area contributed by atoms with Crippen molar-refractivity contribution in [3.05, 3.63) is 95.1 Å². The van der Waals surface area contributed by atoms with Gasteiger partial charge in [-0.2, -0.15) is 13.2 Å². The van der Waals surface area contributed by atoms with E-state index in [4.69, 9.17) is 4.74 Å². The predicted molar refractivity (Wildman–Crippen MR) is 118 cm³/mol. The van der Waals surface area contributed by atoms with E-state index in [-0.39, 0.29) is 12.8 Å². The summed E-state index contributed by atoms with van der Waals surface area (Å²) in [6, 6.07) is 24.2. The average Bonchev–Trinajstić information content (AvgIpc) is 2.78. The molecule has 158 valence electrons. The van der Waals surface area contributed by atoms with Gasteiger partial charge in [0.25, 0.3) is 0 Å². The lowest BCUT2D eigenvalue weighted by Gasteiger charge is -2.28. The van der Waals surface area contributed by atoms with Crippen molar-refractivity contribution in [1.29, 1.82) is 0 Å². The fraction of sp³-hybridized carbons (Fsp3) is 0.259. The largest absolute Gasteiger partial charge is 0.392 e. The van der Waals surface area contributed by atoms with Gasteiger partial charge in [-0.25, -0.2) is 0 Å². The summed E-state index contributed by atoms with van der Waals surface area (Å²) in [5.74, 6) is -1.27. The zero-order valence-electron chi connectivity index (χ0n) is 17.1. The molecule has 1 atom stereocenters. The third-order valence-corrected chi connectivity index (χ3v) is 6.38. The third kappa shape index (κ3) is 3.92. The topological polar surface area (TPSA) is 9.23 Å². The molecular formula is C27H23F3O. The Morgan fingerprint density at radius 1 is 0.774 bits per heavy atom. The molecule has 0 saturated heterocycles. The molecule has 4 aromatic rings. The van der Waals surface area contributed by atoms with Gasteiger partial charge in [0.1, 0.15) is 0 Å². The summed E-state index contributed by atoms with van der Waals surface area (Å²) in [6.07, 6.45) is -3.46. The first-order chi connectivity index (χ1) is 15.0. The first-order valence-electron chi connectivity index (χ1n) is 10.6. The number of hydrogen-bond donors (Lipinski definition) is 0. The van der Waals surface area contributed by atoms with Crippen molar-refractivity contribution in [2.24, 2.45) is 5.92 Å². The van der Waals surface area contributed by atoms with Crippen LogP contribution in [0.15, 0.2) is 72.8 Å². The summed E-state index contributed by atoms with van der Waals surface area (Å²) in [7, 11) is 0. The first-order valence-corrected chi connectivity index (χ1v) is 10.6. The fourth-order valence-electron chi connectivity index (χ4n) is 4.76.